The molecule has 0 saturated heterocycles. The number of nitrogens with one attached hydrogen (secondary N) is 1. The van der Waals surface area contributed by atoms with E-state index in [0.29, 0.717) is 11.8 Å². The molecule has 0 aliphatic carbocycles. The lowest BCUT2D eigenvalue weighted by molar-refractivity contribution is -0.151. The van der Waals surface area contributed by atoms with Crippen LogP contribution in [0.2, 0.25) is 0 Å². The number of ether oxygens (including phenoxy) is 2. The first-order valence-electron chi connectivity index (χ1n) is 8.47. The van der Waals surface area contributed by atoms with Crippen molar-refractivity contribution in [2.45, 2.75) is 39.3 Å². The lowest BCUT2D eigenvalue weighted by Gasteiger charge is -2.26. The summed E-state index contributed by atoms with van der Waals surface area (Å²) in [5, 5.41) is 2.61. The van der Waals surface area contributed by atoms with Gasteiger partial charge in [0.05, 0.1) is 12.6 Å². The van der Waals surface area contributed by atoms with Crippen LogP contribution in [-0.4, -0.2) is 30.6 Å². The first-order valence-corrected chi connectivity index (χ1v) is 8.47. The maximum atomic E-state index is 12.4. The third kappa shape index (κ3) is 7.09. The highest BCUT2D eigenvalue weighted by Gasteiger charge is 2.33. The Morgan fingerprint density at radius 2 is 1.85 bits per heavy atom. The van der Waals surface area contributed by atoms with E-state index in [1.54, 1.807) is 57.2 Å². The summed E-state index contributed by atoms with van der Waals surface area (Å²) in [5.74, 6) is -1.94. The van der Waals surface area contributed by atoms with Crippen molar-refractivity contribution < 1.29 is 23.9 Å². The highest BCUT2D eigenvalue weighted by molar-refractivity contribution is 5.89. The predicted molar refractivity (Wildman–Crippen MR) is 98.4 cm³/mol. The number of rotatable bonds is 8. The van der Waals surface area contributed by atoms with E-state index in [-0.39, 0.29) is 12.5 Å². The van der Waals surface area contributed by atoms with Crippen LogP contribution in [0.1, 0.15) is 39.3 Å². The summed E-state index contributed by atoms with van der Waals surface area (Å²) >= 11 is 0. The van der Waals surface area contributed by atoms with Gasteiger partial charge in [-0.3, -0.25) is 4.79 Å². The molecule has 1 aromatic carbocycles. The van der Waals surface area contributed by atoms with Gasteiger partial charge in [-0.15, -0.1) is 6.58 Å². The van der Waals surface area contributed by atoms with E-state index in [1.807, 2.05) is 6.92 Å². The summed E-state index contributed by atoms with van der Waals surface area (Å²) in [6.07, 6.45) is 1.41. The van der Waals surface area contributed by atoms with Crippen LogP contribution >= 0.6 is 0 Å². The van der Waals surface area contributed by atoms with Crippen molar-refractivity contribution in [2.24, 2.45) is 11.8 Å². The molecule has 1 aromatic rings. The molecule has 0 bridgehead atoms. The maximum Gasteiger partial charge on any atom is 0.408 e. The highest BCUT2D eigenvalue weighted by Crippen LogP contribution is 2.23. The molecule has 0 aliphatic heterocycles. The highest BCUT2D eigenvalue weighted by atomic mass is 16.6. The average Bonchev–Trinajstić information content (AvgIpc) is 2.58. The van der Waals surface area contributed by atoms with Crippen LogP contribution in [0.15, 0.2) is 43.0 Å². The van der Waals surface area contributed by atoms with Gasteiger partial charge in [-0.1, -0.05) is 43.3 Å². The van der Waals surface area contributed by atoms with Gasteiger partial charge in [-0.2, -0.15) is 0 Å². The number of hydrogen-bond acceptors (Lipinski definition) is 5. The predicted octanol–water partition coefficient (Wildman–Crippen LogP) is 3.43. The first kappa shape index (κ1) is 21.4. The molecule has 0 aliphatic rings. The molecule has 1 unspecified atom stereocenters. The number of amides is 1. The number of carbonyl (C=O) groups is 3. The Morgan fingerprint density at radius 1 is 1.23 bits per heavy atom. The van der Waals surface area contributed by atoms with Crippen molar-refractivity contribution in [3.63, 3.8) is 0 Å². The Hall–Kier alpha value is -2.63. The standard InChI is InChI=1S/C20H27NO5/c1-6-14(2)13-25-18(23)16(12-22)17(15-10-8-7-9-11-15)21-19(24)26-20(3,4)5/h6-12,14,16-17H,1,13H2,2-5H3,(H,21,24)/t14?,16-,17+/m1/s1. The van der Waals surface area contributed by atoms with Gasteiger partial charge in [0.2, 0.25) is 0 Å². The topological polar surface area (TPSA) is 81.7 Å². The molecule has 6 heteroatoms. The van der Waals surface area contributed by atoms with E-state index < -0.39 is 29.6 Å². The van der Waals surface area contributed by atoms with E-state index in [9.17, 15) is 14.4 Å². The molecule has 0 spiro atoms. The molecule has 1 amide bonds. The Bertz CT molecular complexity index is 621. The number of benzene rings is 1. The number of alkyl carbamates (subject to hydrolysis) is 1. The summed E-state index contributed by atoms with van der Waals surface area (Å²) in [5.41, 5.74) is -0.105. The van der Waals surface area contributed by atoms with Crippen molar-refractivity contribution in [1.29, 1.82) is 0 Å². The van der Waals surface area contributed by atoms with E-state index in [2.05, 4.69) is 11.9 Å². The quantitative estimate of drug-likeness (QED) is 0.332. The number of esters is 1. The van der Waals surface area contributed by atoms with E-state index in [0.717, 1.165) is 0 Å². The van der Waals surface area contributed by atoms with Crippen LogP contribution in [0.25, 0.3) is 0 Å². The molecule has 1 rings (SSSR count). The smallest absolute Gasteiger partial charge is 0.408 e. The molecule has 142 valence electrons. The fourth-order valence-electron chi connectivity index (χ4n) is 2.12. The number of aldehydes is 1. The van der Waals surface area contributed by atoms with Gasteiger partial charge in [0.25, 0.3) is 0 Å². The molecule has 1 N–H and O–H groups in total. The van der Waals surface area contributed by atoms with Crippen molar-refractivity contribution in [2.75, 3.05) is 6.61 Å². The lowest BCUT2D eigenvalue weighted by atomic mass is 9.94. The van der Waals surface area contributed by atoms with Gasteiger partial charge in [0.15, 0.2) is 0 Å². The molecule has 6 nitrogen and oxygen atoms in total. The summed E-state index contributed by atoms with van der Waals surface area (Å²) in [7, 11) is 0. The van der Waals surface area contributed by atoms with E-state index in [4.69, 9.17) is 9.47 Å². The zero-order valence-corrected chi connectivity index (χ0v) is 15.7. The monoisotopic (exact) mass is 361 g/mol. The Labute approximate surface area is 154 Å². The summed E-state index contributed by atoms with van der Waals surface area (Å²) < 4.78 is 10.4. The van der Waals surface area contributed by atoms with Crippen LogP contribution in [0.3, 0.4) is 0 Å². The van der Waals surface area contributed by atoms with Gasteiger partial charge in [0.1, 0.15) is 17.8 Å². The van der Waals surface area contributed by atoms with Gasteiger partial charge < -0.3 is 19.6 Å². The minimum atomic E-state index is -1.19. The van der Waals surface area contributed by atoms with Crippen LogP contribution in [0.4, 0.5) is 4.79 Å². The second-order valence-electron chi connectivity index (χ2n) is 7.04. The van der Waals surface area contributed by atoms with Crippen LogP contribution in [0, 0.1) is 11.8 Å². The molecule has 0 aromatic heterocycles. The van der Waals surface area contributed by atoms with Crippen LogP contribution < -0.4 is 5.32 Å². The summed E-state index contributed by atoms with van der Waals surface area (Å²) in [6.45, 7) is 10.8. The second-order valence-corrected chi connectivity index (χ2v) is 7.04. The molecular weight excluding hydrogens is 334 g/mol. The summed E-state index contributed by atoms with van der Waals surface area (Å²) in [6, 6.07) is 7.86. The van der Waals surface area contributed by atoms with Gasteiger partial charge in [-0.05, 0) is 26.3 Å². The van der Waals surface area contributed by atoms with Crippen molar-refractivity contribution in [3.8, 4) is 0 Å². The largest absolute Gasteiger partial charge is 0.464 e. The third-order valence-corrected chi connectivity index (χ3v) is 3.50. The Morgan fingerprint density at radius 3 is 2.35 bits per heavy atom. The molecule has 0 radical (unpaired) electrons. The van der Waals surface area contributed by atoms with E-state index in [1.165, 1.54) is 0 Å². The first-order chi connectivity index (χ1) is 12.2. The Kier molecular flexibility index (Phi) is 8.03. The minimum Gasteiger partial charge on any atom is -0.464 e. The molecule has 26 heavy (non-hydrogen) atoms. The maximum absolute atomic E-state index is 12.4. The fourth-order valence-corrected chi connectivity index (χ4v) is 2.12. The second kappa shape index (κ2) is 9.75. The van der Waals surface area contributed by atoms with Crippen molar-refractivity contribution >= 4 is 18.3 Å². The zero-order chi connectivity index (χ0) is 19.7. The Balaban J connectivity index is 3.01. The fraction of sp³-hybridized carbons (Fsp3) is 0.450. The SMILES string of the molecule is C=CC(C)COC(=O)[C@H](C=O)[C@@H](NC(=O)OC(C)(C)C)c1ccccc1. The zero-order valence-electron chi connectivity index (χ0n) is 15.7. The molecule has 3 atom stereocenters. The molecular formula is C20H27NO5. The van der Waals surface area contributed by atoms with Crippen LogP contribution in [0.5, 0.6) is 0 Å². The molecule has 0 saturated carbocycles. The van der Waals surface area contributed by atoms with Crippen LogP contribution in [-0.2, 0) is 19.1 Å². The average molecular weight is 361 g/mol. The van der Waals surface area contributed by atoms with Gasteiger partial charge >= 0.3 is 12.1 Å². The van der Waals surface area contributed by atoms with E-state index >= 15 is 0 Å². The van der Waals surface area contributed by atoms with Gasteiger partial charge in [0, 0.05) is 5.92 Å². The summed E-state index contributed by atoms with van der Waals surface area (Å²) in [4.78, 5) is 36.2. The van der Waals surface area contributed by atoms with Crippen molar-refractivity contribution in [3.05, 3.63) is 48.6 Å². The molecule has 0 heterocycles. The lowest BCUT2D eigenvalue weighted by Crippen LogP contribution is -2.41. The normalized spacial score (nSPS) is 14.5. The third-order valence-electron chi connectivity index (χ3n) is 3.50. The van der Waals surface area contributed by atoms with Crippen molar-refractivity contribution in [1.82, 2.24) is 5.32 Å². The minimum absolute atomic E-state index is 0.0414. The molecule has 0 fully saturated rings. The number of hydrogen-bond donors (Lipinski definition) is 1. The van der Waals surface area contributed by atoms with Gasteiger partial charge in [-0.25, -0.2) is 4.79 Å². The number of carbonyl (C=O) groups excluding carboxylic acids is 3.